The van der Waals surface area contributed by atoms with Gasteiger partial charge in [0.1, 0.15) is 5.82 Å². The molecule has 0 bridgehead atoms. The van der Waals surface area contributed by atoms with Gasteiger partial charge in [-0.3, -0.25) is 4.79 Å². The lowest BCUT2D eigenvalue weighted by Gasteiger charge is -2.36. The molecule has 1 aromatic carbocycles. The number of guanidine groups is 1. The van der Waals surface area contributed by atoms with Gasteiger partial charge in [-0.05, 0) is 31.0 Å². The number of piperazine rings is 1. The second-order valence-corrected chi connectivity index (χ2v) is 8.22. The molecule has 2 heterocycles. The monoisotopic (exact) mass is 571 g/mol. The minimum absolute atomic E-state index is 0. The van der Waals surface area contributed by atoms with Crippen molar-refractivity contribution in [1.29, 1.82) is 0 Å². The van der Waals surface area contributed by atoms with Crippen LogP contribution in [0.5, 0.6) is 0 Å². The first-order chi connectivity index (χ1) is 15.1. The predicted molar refractivity (Wildman–Crippen MR) is 143 cm³/mol. The normalized spacial score (nSPS) is 14.2. The zero-order valence-corrected chi connectivity index (χ0v) is 22.3. The van der Waals surface area contributed by atoms with Crippen LogP contribution in [-0.2, 0) is 17.8 Å². The molecule has 0 saturated carbocycles. The molecule has 1 aliphatic heterocycles. The summed E-state index contributed by atoms with van der Waals surface area (Å²) >= 11 is 1.49. The Labute approximate surface area is 212 Å². The number of nitrogens with zero attached hydrogens (tertiary/aromatic N) is 5. The lowest BCUT2D eigenvalue weighted by molar-refractivity contribution is -0.116. The minimum atomic E-state index is 0. The number of amides is 1. The molecular formula is C22H34IN7OS. The van der Waals surface area contributed by atoms with Crippen LogP contribution in [0.3, 0.4) is 0 Å². The van der Waals surface area contributed by atoms with E-state index in [2.05, 4.69) is 43.6 Å². The van der Waals surface area contributed by atoms with E-state index < -0.39 is 0 Å². The molecule has 0 atom stereocenters. The highest BCUT2D eigenvalue weighted by atomic mass is 127. The predicted octanol–water partition coefficient (Wildman–Crippen LogP) is 3.74. The standard InChI is InChI=1S/C22H33N7OS.HI/c1-4-7-20(30)25-18-10-8-17(9-11-18)16-24-21(23-6-3)28-12-14-29(15-13-28)22-26-19(5-2)27-31-22;/h8-11H,4-7,12-16H2,1-3H3,(H,23,24)(H,25,30);1H. The maximum absolute atomic E-state index is 11.7. The molecule has 1 amide bonds. The molecular weight excluding hydrogens is 537 g/mol. The first-order valence-corrected chi connectivity index (χ1v) is 11.9. The van der Waals surface area contributed by atoms with Gasteiger partial charge in [0.05, 0.1) is 6.54 Å². The van der Waals surface area contributed by atoms with E-state index in [1.165, 1.54) is 11.5 Å². The van der Waals surface area contributed by atoms with Crippen LogP contribution in [0.15, 0.2) is 29.3 Å². The fourth-order valence-corrected chi connectivity index (χ4v) is 4.16. The van der Waals surface area contributed by atoms with Gasteiger partial charge in [-0.1, -0.05) is 26.0 Å². The van der Waals surface area contributed by atoms with Gasteiger partial charge < -0.3 is 20.4 Å². The topological polar surface area (TPSA) is 85.8 Å². The number of aromatic nitrogens is 2. The Morgan fingerprint density at radius 2 is 1.84 bits per heavy atom. The smallest absolute Gasteiger partial charge is 0.224 e. The SMILES string of the molecule is CCCC(=O)Nc1ccc(CN=C(NCC)N2CCN(c3nc(CC)ns3)CC2)cc1.I. The highest BCUT2D eigenvalue weighted by Crippen LogP contribution is 2.19. The average molecular weight is 572 g/mol. The number of halogens is 1. The molecule has 8 nitrogen and oxygen atoms in total. The molecule has 1 aliphatic rings. The molecule has 2 N–H and O–H groups in total. The summed E-state index contributed by atoms with van der Waals surface area (Å²) < 4.78 is 4.40. The summed E-state index contributed by atoms with van der Waals surface area (Å²) in [5.74, 6) is 1.92. The van der Waals surface area contributed by atoms with E-state index in [0.29, 0.717) is 13.0 Å². The van der Waals surface area contributed by atoms with Crippen LogP contribution in [0.4, 0.5) is 10.8 Å². The minimum Gasteiger partial charge on any atom is -0.357 e. The Balaban J connectivity index is 0.00000363. The van der Waals surface area contributed by atoms with Gasteiger partial charge in [-0.25, -0.2) is 9.98 Å². The fourth-order valence-electron chi connectivity index (χ4n) is 3.36. The van der Waals surface area contributed by atoms with Gasteiger partial charge in [0.25, 0.3) is 0 Å². The molecule has 3 rings (SSSR count). The van der Waals surface area contributed by atoms with Crippen molar-refractivity contribution in [2.75, 3.05) is 42.9 Å². The molecule has 1 aromatic heterocycles. The summed E-state index contributed by atoms with van der Waals surface area (Å²) in [6.45, 7) is 11.2. The number of rotatable bonds is 8. The third kappa shape index (κ3) is 7.58. The number of hydrogen-bond donors (Lipinski definition) is 2. The number of aliphatic imine (C=N–C) groups is 1. The Morgan fingerprint density at radius 3 is 2.44 bits per heavy atom. The Morgan fingerprint density at radius 1 is 1.12 bits per heavy atom. The van der Waals surface area contributed by atoms with Gasteiger partial charge in [0.15, 0.2) is 5.96 Å². The van der Waals surface area contributed by atoms with Gasteiger partial charge in [0, 0.05) is 62.8 Å². The molecule has 10 heteroatoms. The van der Waals surface area contributed by atoms with Crippen molar-refractivity contribution < 1.29 is 4.79 Å². The van der Waals surface area contributed by atoms with E-state index in [9.17, 15) is 4.79 Å². The van der Waals surface area contributed by atoms with Crippen LogP contribution in [-0.4, -0.2) is 58.8 Å². The summed E-state index contributed by atoms with van der Waals surface area (Å²) in [7, 11) is 0. The highest BCUT2D eigenvalue weighted by Gasteiger charge is 2.22. The van der Waals surface area contributed by atoms with Crippen molar-refractivity contribution in [3.8, 4) is 0 Å². The van der Waals surface area contributed by atoms with Gasteiger partial charge in [-0.15, -0.1) is 24.0 Å². The Kier molecular flexibility index (Phi) is 11.1. The lowest BCUT2D eigenvalue weighted by Crippen LogP contribution is -2.52. The van der Waals surface area contributed by atoms with E-state index in [1.807, 2.05) is 31.2 Å². The molecule has 176 valence electrons. The quantitative estimate of drug-likeness (QED) is 0.285. The van der Waals surface area contributed by atoms with Crippen molar-refractivity contribution in [2.24, 2.45) is 4.99 Å². The average Bonchev–Trinajstić information content (AvgIpc) is 3.27. The molecule has 0 spiro atoms. The summed E-state index contributed by atoms with van der Waals surface area (Å²) in [5, 5.41) is 7.36. The number of aryl methyl sites for hydroxylation is 1. The van der Waals surface area contributed by atoms with E-state index >= 15 is 0 Å². The number of nitrogens with one attached hydrogen (secondary N) is 2. The molecule has 0 aliphatic carbocycles. The van der Waals surface area contributed by atoms with Crippen LogP contribution in [0.25, 0.3) is 0 Å². The molecule has 0 radical (unpaired) electrons. The molecule has 1 saturated heterocycles. The van der Waals surface area contributed by atoms with E-state index in [1.54, 1.807) is 0 Å². The Bertz CT molecular complexity index is 863. The van der Waals surface area contributed by atoms with Crippen molar-refractivity contribution in [3.63, 3.8) is 0 Å². The van der Waals surface area contributed by atoms with E-state index in [0.717, 1.165) is 73.7 Å². The third-order valence-electron chi connectivity index (χ3n) is 5.08. The zero-order chi connectivity index (χ0) is 22.1. The number of anilines is 2. The van der Waals surface area contributed by atoms with Crippen molar-refractivity contribution >= 4 is 58.2 Å². The largest absolute Gasteiger partial charge is 0.357 e. The molecule has 1 fully saturated rings. The van der Waals surface area contributed by atoms with Gasteiger partial charge in [-0.2, -0.15) is 4.37 Å². The maximum atomic E-state index is 11.7. The number of carbonyl (C=O) groups is 1. The maximum Gasteiger partial charge on any atom is 0.224 e. The highest BCUT2D eigenvalue weighted by molar-refractivity contribution is 14.0. The molecule has 0 unspecified atom stereocenters. The number of benzene rings is 1. The number of hydrogen-bond acceptors (Lipinski definition) is 6. The van der Waals surface area contributed by atoms with Crippen LogP contribution in [0, 0.1) is 0 Å². The zero-order valence-electron chi connectivity index (χ0n) is 19.1. The first-order valence-electron chi connectivity index (χ1n) is 11.1. The summed E-state index contributed by atoms with van der Waals surface area (Å²) in [4.78, 5) is 25.8. The van der Waals surface area contributed by atoms with E-state index in [4.69, 9.17) is 4.99 Å². The fraction of sp³-hybridized carbons (Fsp3) is 0.545. The first kappa shape index (κ1) is 26.3. The summed E-state index contributed by atoms with van der Waals surface area (Å²) in [6.07, 6.45) is 2.27. The second-order valence-electron chi connectivity index (χ2n) is 7.49. The van der Waals surface area contributed by atoms with Crippen molar-refractivity contribution in [3.05, 3.63) is 35.7 Å². The van der Waals surface area contributed by atoms with Gasteiger partial charge >= 0.3 is 0 Å². The third-order valence-corrected chi connectivity index (χ3v) is 5.90. The Hall–Kier alpha value is -1.95. The van der Waals surface area contributed by atoms with E-state index in [-0.39, 0.29) is 29.9 Å². The number of carbonyl (C=O) groups excluding carboxylic acids is 1. The van der Waals surface area contributed by atoms with Crippen molar-refractivity contribution in [1.82, 2.24) is 19.6 Å². The second kappa shape index (κ2) is 13.6. The molecule has 2 aromatic rings. The van der Waals surface area contributed by atoms with Gasteiger partial charge in [0.2, 0.25) is 11.0 Å². The summed E-state index contributed by atoms with van der Waals surface area (Å²) in [6, 6.07) is 7.92. The van der Waals surface area contributed by atoms with Crippen LogP contribution < -0.4 is 15.5 Å². The van der Waals surface area contributed by atoms with Crippen LogP contribution in [0.2, 0.25) is 0 Å². The summed E-state index contributed by atoms with van der Waals surface area (Å²) in [5.41, 5.74) is 1.94. The lowest BCUT2D eigenvalue weighted by atomic mass is 10.2. The molecule has 32 heavy (non-hydrogen) atoms. The van der Waals surface area contributed by atoms with Crippen molar-refractivity contribution in [2.45, 2.75) is 46.6 Å². The van der Waals surface area contributed by atoms with Crippen LogP contribution >= 0.6 is 35.5 Å². The van der Waals surface area contributed by atoms with Crippen LogP contribution in [0.1, 0.15) is 45.0 Å².